The number of nitrogen functional groups attached to an aromatic ring is 1. The first-order chi connectivity index (χ1) is 39.9. The summed E-state index contributed by atoms with van der Waals surface area (Å²) in [7, 11) is 0. The molecule has 0 aliphatic heterocycles. The number of azide groups is 1. The molecule has 0 saturated heterocycles. The lowest BCUT2D eigenvalue weighted by molar-refractivity contribution is 0.0576. The molecule has 0 saturated carbocycles. The summed E-state index contributed by atoms with van der Waals surface area (Å²) in [5.74, 6) is 0. The molecule has 83 heavy (non-hydrogen) atoms. The molecule has 0 radical (unpaired) electrons. The number of nitrogens with zero attached hydrogens (tertiary/aromatic N) is 15. The Hall–Kier alpha value is -10.2. The molecular weight excluding hydrogens is 1140 g/mol. The SMILES string of the molecule is CC(C)(C)OC(=O)N(Cc1ccc2cncc(Br)c2c1)c1ccnc2ncccc12.CC(C)(C)OC(=O)Nc1ccnc2ncccc12.Clc1ccnc2ncccc12.Nc1ccnc2ncccc12.[N-]=[N+]=Nc1ccnc2ncccc12. The third-order valence-electron chi connectivity index (χ3n) is 11.3. The molecule has 11 heterocycles. The number of hydrogen-bond acceptors (Lipinski definition) is 17. The Balaban J connectivity index is 0.000000145. The van der Waals surface area contributed by atoms with Crippen LogP contribution in [-0.4, -0.2) is 78.2 Å². The van der Waals surface area contributed by atoms with Crippen LogP contribution < -0.4 is 16.0 Å². The van der Waals surface area contributed by atoms with Gasteiger partial charge < -0.3 is 15.2 Å². The molecule has 11 aromatic heterocycles. The van der Waals surface area contributed by atoms with Gasteiger partial charge in [0, 0.05) is 122 Å². The molecule has 21 nitrogen and oxygen atoms in total. The predicted octanol–water partition coefficient (Wildman–Crippen LogP) is 14.9. The van der Waals surface area contributed by atoms with Gasteiger partial charge in [0.05, 0.1) is 28.6 Å². The number of anilines is 3. The molecule has 12 rings (SSSR count). The highest BCUT2D eigenvalue weighted by Gasteiger charge is 2.26. The topological polar surface area (TPSA) is 284 Å². The minimum Gasteiger partial charge on any atom is -0.444 e. The first-order valence-electron chi connectivity index (χ1n) is 25.4. The Labute approximate surface area is 489 Å². The van der Waals surface area contributed by atoms with Crippen LogP contribution in [0.4, 0.5) is 32.3 Å². The highest BCUT2D eigenvalue weighted by Crippen LogP contribution is 2.30. The van der Waals surface area contributed by atoms with E-state index < -0.39 is 23.4 Å². The zero-order chi connectivity index (χ0) is 58.9. The number of hydrogen-bond donors (Lipinski definition) is 2. The molecule has 0 fully saturated rings. The van der Waals surface area contributed by atoms with Crippen LogP contribution in [-0.2, 0) is 16.0 Å². The van der Waals surface area contributed by atoms with Gasteiger partial charge >= 0.3 is 12.2 Å². The number of rotatable bonds is 5. The smallest absolute Gasteiger partial charge is 0.415 e. The van der Waals surface area contributed by atoms with E-state index in [1.165, 1.54) is 0 Å². The van der Waals surface area contributed by atoms with E-state index in [1.807, 2.05) is 114 Å². The summed E-state index contributed by atoms with van der Waals surface area (Å²) in [6, 6.07) is 33.2. The van der Waals surface area contributed by atoms with Gasteiger partial charge in [0.25, 0.3) is 0 Å². The molecule has 0 atom stereocenters. The molecule has 23 heteroatoms. The van der Waals surface area contributed by atoms with Crippen molar-refractivity contribution in [3.8, 4) is 0 Å². The van der Waals surface area contributed by atoms with Crippen molar-refractivity contribution in [1.82, 2.24) is 54.8 Å². The minimum atomic E-state index is -0.617. The van der Waals surface area contributed by atoms with Crippen molar-refractivity contribution in [2.24, 2.45) is 5.11 Å². The van der Waals surface area contributed by atoms with Crippen LogP contribution in [0.2, 0.25) is 5.02 Å². The fourth-order valence-electron chi connectivity index (χ4n) is 7.79. The minimum absolute atomic E-state index is 0.341. The molecule has 416 valence electrons. The maximum atomic E-state index is 13.2. The average molecular weight is 1190 g/mol. The molecule has 2 amide bonds. The number of amides is 2. The van der Waals surface area contributed by atoms with Crippen LogP contribution in [0.15, 0.2) is 193 Å². The van der Waals surface area contributed by atoms with Gasteiger partial charge in [0.1, 0.15) is 11.2 Å². The Morgan fingerprint density at radius 1 is 0.590 bits per heavy atom. The number of nitrogens with one attached hydrogen (secondary N) is 1. The van der Waals surface area contributed by atoms with Crippen LogP contribution >= 0.6 is 27.5 Å². The van der Waals surface area contributed by atoms with Crippen LogP contribution in [0.3, 0.4) is 0 Å². The standard InChI is InChI=1S/C23H21BrN4O2.C13H15N3O2.C8H5ClN2.C8H5N5.C8H7N3/c1-23(2,3)30-22(29)28(20-8-10-27-21-17(20)5-4-9-26-21)14-15-6-7-16-12-25-13-19(24)18(16)11-15;1-13(2,3)18-12(17)16-10-6-8-15-11-9(10)5-4-7-14-11;9-7-3-5-11-8-6(7)2-1-4-10-8;9-13-12-7-3-5-11-8-6(7)2-1-4-10-8;9-7-3-5-11-8-6(7)2-1-4-10-8/h4-13H,14H2,1-3H3;4-8H,1-3H3,(H,14,15,16,17);1-5H;1-5H;1-5H,(H2,9,10,11). The molecule has 0 aliphatic rings. The molecule has 0 bridgehead atoms. The quantitative estimate of drug-likeness (QED) is 0.0920. The highest BCUT2D eigenvalue weighted by molar-refractivity contribution is 9.10. The van der Waals surface area contributed by atoms with Gasteiger partial charge in [0.15, 0.2) is 28.2 Å². The summed E-state index contributed by atoms with van der Waals surface area (Å²) >= 11 is 9.44. The van der Waals surface area contributed by atoms with E-state index in [1.54, 1.807) is 109 Å². The van der Waals surface area contributed by atoms with E-state index in [9.17, 15) is 9.59 Å². The second kappa shape index (κ2) is 27.3. The molecule has 0 aliphatic carbocycles. The molecular formula is C60H53BrClN17O4. The fraction of sp³-hybridized carbons (Fsp3) is 0.150. The molecule has 1 aromatic carbocycles. The second-order valence-corrected chi connectivity index (χ2v) is 20.9. The molecule has 3 N–H and O–H groups in total. The van der Waals surface area contributed by atoms with E-state index in [0.717, 1.165) is 53.4 Å². The van der Waals surface area contributed by atoms with Gasteiger partial charge in [-0.25, -0.2) is 59.4 Å². The van der Waals surface area contributed by atoms with Crippen molar-refractivity contribution in [3.63, 3.8) is 0 Å². The van der Waals surface area contributed by atoms with Crippen LogP contribution in [0.1, 0.15) is 47.1 Å². The summed E-state index contributed by atoms with van der Waals surface area (Å²) in [6.45, 7) is 11.4. The van der Waals surface area contributed by atoms with Crippen molar-refractivity contribution in [1.29, 1.82) is 0 Å². The Bertz CT molecular complexity index is 4190. The van der Waals surface area contributed by atoms with E-state index in [0.29, 0.717) is 56.9 Å². The summed E-state index contributed by atoms with van der Waals surface area (Å²) in [4.78, 5) is 74.6. The Morgan fingerprint density at radius 2 is 1.08 bits per heavy atom. The van der Waals surface area contributed by atoms with Gasteiger partial charge in [-0.2, -0.15) is 0 Å². The maximum Gasteiger partial charge on any atom is 0.415 e. The molecule has 0 unspecified atom stereocenters. The normalized spacial score (nSPS) is 10.8. The summed E-state index contributed by atoms with van der Waals surface area (Å²) in [5.41, 5.74) is 19.6. The van der Waals surface area contributed by atoms with Crippen molar-refractivity contribution < 1.29 is 19.1 Å². The number of pyridine rings is 11. The van der Waals surface area contributed by atoms with Crippen molar-refractivity contribution in [2.75, 3.05) is 16.0 Å². The lowest BCUT2D eigenvalue weighted by atomic mass is 10.1. The zero-order valence-corrected chi connectivity index (χ0v) is 48.0. The van der Waals surface area contributed by atoms with Gasteiger partial charge in [0.2, 0.25) is 0 Å². The van der Waals surface area contributed by atoms with Crippen LogP contribution in [0.25, 0.3) is 76.4 Å². The van der Waals surface area contributed by atoms with Gasteiger partial charge in [-0.1, -0.05) is 28.8 Å². The summed E-state index contributed by atoms with van der Waals surface area (Å²) in [6.07, 6.45) is 19.2. The average Bonchev–Trinajstić information content (AvgIpc) is 3.67. The number of fused-ring (bicyclic) bond motifs is 6. The zero-order valence-electron chi connectivity index (χ0n) is 45.7. The van der Waals surface area contributed by atoms with E-state index in [4.69, 9.17) is 32.3 Å². The van der Waals surface area contributed by atoms with Gasteiger partial charge in [-0.05, 0) is 171 Å². The van der Waals surface area contributed by atoms with Crippen molar-refractivity contribution in [3.05, 3.63) is 209 Å². The third kappa shape index (κ3) is 16.3. The van der Waals surface area contributed by atoms with E-state index in [2.05, 4.69) is 92.2 Å². The lowest BCUT2D eigenvalue weighted by Gasteiger charge is -2.28. The monoisotopic (exact) mass is 1190 g/mol. The maximum absolute atomic E-state index is 13.2. The number of carbonyl (C=O) groups is 2. The lowest BCUT2D eigenvalue weighted by Crippen LogP contribution is -2.36. The molecule has 0 spiro atoms. The first kappa shape index (κ1) is 59.0. The Morgan fingerprint density at radius 3 is 1.69 bits per heavy atom. The highest BCUT2D eigenvalue weighted by atomic mass is 79.9. The molecule has 12 aromatic rings. The van der Waals surface area contributed by atoms with E-state index in [-0.39, 0.29) is 0 Å². The van der Waals surface area contributed by atoms with Crippen molar-refractivity contribution >= 4 is 128 Å². The number of carbonyl (C=O) groups excluding carboxylic acids is 2. The van der Waals surface area contributed by atoms with E-state index >= 15 is 0 Å². The third-order valence-corrected chi connectivity index (χ3v) is 12.3. The van der Waals surface area contributed by atoms with Gasteiger partial charge in [-0.3, -0.25) is 15.2 Å². The number of nitrogens with two attached hydrogens (primary N) is 1. The summed E-state index contributed by atoms with van der Waals surface area (Å²) < 4.78 is 11.8. The largest absolute Gasteiger partial charge is 0.444 e. The number of aromatic nitrogens is 11. The van der Waals surface area contributed by atoms with Gasteiger partial charge in [-0.15, -0.1) is 0 Å². The first-order valence-corrected chi connectivity index (χ1v) is 26.6. The van der Waals surface area contributed by atoms with Crippen LogP contribution in [0, 0.1) is 0 Å². The fourth-order valence-corrected chi connectivity index (χ4v) is 8.45. The summed E-state index contributed by atoms with van der Waals surface area (Å²) in [5, 5.41) is 13.1. The number of benzene rings is 1. The Kier molecular flexibility index (Phi) is 19.4. The van der Waals surface area contributed by atoms with Crippen molar-refractivity contribution in [2.45, 2.75) is 59.3 Å². The second-order valence-electron chi connectivity index (χ2n) is 19.6. The predicted molar refractivity (Wildman–Crippen MR) is 328 cm³/mol. The number of ether oxygens (including phenoxy) is 2. The number of halogens is 2. The van der Waals surface area contributed by atoms with Crippen LogP contribution in [0.5, 0.6) is 0 Å².